The van der Waals surface area contributed by atoms with Crippen LogP contribution in [-0.2, 0) is 16.0 Å². The van der Waals surface area contributed by atoms with Crippen LogP contribution in [0.15, 0.2) is 22.7 Å². The lowest BCUT2D eigenvalue weighted by Gasteiger charge is -2.34. The number of carbonyl (C=O) groups excluding carboxylic acids is 1. The van der Waals surface area contributed by atoms with Crippen molar-refractivity contribution in [1.29, 1.82) is 0 Å². The molecule has 6 heteroatoms. The largest absolute Gasteiger partial charge is 0.481 e. The molecule has 0 radical (unpaired) electrons. The zero-order valence-corrected chi connectivity index (χ0v) is 13.3. The van der Waals surface area contributed by atoms with Gasteiger partial charge in [0.1, 0.15) is 5.82 Å². The van der Waals surface area contributed by atoms with Gasteiger partial charge in [0, 0.05) is 13.1 Å². The Bertz CT molecular complexity index is 564. The number of hydrogen-bond acceptors (Lipinski definition) is 2. The molecule has 0 saturated carbocycles. The number of amides is 1. The van der Waals surface area contributed by atoms with E-state index in [-0.39, 0.29) is 30.6 Å². The Hall–Kier alpha value is -1.43. The molecule has 1 heterocycles. The lowest BCUT2D eigenvalue weighted by molar-refractivity contribution is -0.146. The molecule has 1 aromatic carbocycles. The van der Waals surface area contributed by atoms with Crippen LogP contribution in [0.4, 0.5) is 4.39 Å². The highest BCUT2D eigenvalue weighted by Crippen LogP contribution is 2.23. The predicted molar refractivity (Wildman–Crippen MR) is 79.3 cm³/mol. The van der Waals surface area contributed by atoms with E-state index in [4.69, 9.17) is 5.11 Å². The van der Waals surface area contributed by atoms with Gasteiger partial charge in [-0.1, -0.05) is 13.0 Å². The van der Waals surface area contributed by atoms with Gasteiger partial charge in [-0.2, -0.15) is 0 Å². The number of halogens is 2. The lowest BCUT2D eigenvalue weighted by Crippen LogP contribution is -2.46. The van der Waals surface area contributed by atoms with Gasteiger partial charge in [0.25, 0.3) is 0 Å². The van der Waals surface area contributed by atoms with E-state index < -0.39 is 11.9 Å². The number of likely N-dealkylation sites (tertiary alicyclic amines) is 1. The third-order valence-corrected chi connectivity index (χ3v) is 4.31. The minimum Gasteiger partial charge on any atom is -0.481 e. The van der Waals surface area contributed by atoms with Gasteiger partial charge < -0.3 is 10.0 Å². The molecule has 114 valence electrons. The first-order valence-electron chi connectivity index (χ1n) is 6.81. The maximum atomic E-state index is 13.2. The Morgan fingerprint density at radius 3 is 2.76 bits per heavy atom. The van der Waals surface area contributed by atoms with Crippen molar-refractivity contribution >= 4 is 27.8 Å². The zero-order chi connectivity index (χ0) is 15.6. The number of carboxylic acid groups (broad SMARTS) is 1. The quantitative estimate of drug-likeness (QED) is 0.904. The fourth-order valence-electron chi connectivity index (χ4n) is 2.67. The van der Waals surface area contributed by atoms with Crippen molar-refractivity contribution in [2.45, 2.75) is 19.8 Å². The van der Waals surface area contributed by atoms with E-state index in [1.54, 1.807) is 17.0 Å². The monoisotopic (exact) mass is 357 g/mol. The van der Waals surface area contributed by atoms with Gasteiger partial charge in [0.15, 0.2) is 0 Å². The van der Waals surface area contributed by atoms with Crippen molar-refractivity contribution in [3.8, 4) is 0 Å². The Kier molecular flexibility index (Phi) is 4.98. The van der Waals surface area contributed by atoms with E-state index >= 15 is 0 Å². The molecule has 1 aliphatic rings. The number of carbonyl (C=O) groups is 2. The molecule has 2 rings (SSSR count). The van der Waals surface area contributed by atoms with Gasteiger partial charge in [-0.3, -0.25) is 9.59 Å². The summed E-state index contributed by atoms with van der Waals surface area (Å²) in [6, 6.07) is 4.46. The summed E-state index contributed by atoms with van der Waals surface area (Å²) in [5.41, 5.74) is 0.707. The Morgan fingerprint density at radius 2 is 2.14 bits per heavy atom. The molecule has 0 bridgehead atoms. The van der Waals surface area contributed by atoms with Gasteiger partial charge in [-0.25, -0.2) is 4.39 Å². The third-order valence-electron chi connectivity index (χ3n) is 3.70. The lowest BCUT2D eigenvalue weighted by atomic mass is 9.90. The first kappa shape index (κ1) is 15.9. The molecule has 21 heavy (non-hydrogen) atoms. The van der Waals surface area contributed by atoms with Gasteiger partial charge in [-0.05, 0) is 46.0 Å². The van der Waals surface area contributed by atoms with Crippen LogP contribution in [0, 0.1) is 17.7 Å². The normalized spacial score (nSPS) is 22.1. The van der Waals surface area contributed by atoms with Crippen molar-refractivity contribution in [3.63, 3.8) is 0 Å². The molecule has 1 aliphatic heterocycles. The Balaban J connectivity index is 2.05. The summed E-state index contributed by atoms with van der Waals surface area (Å²) in [4.78, 5) is 25.0. The second kappa shape index (κ2) is 6.56. The van der Waals surface area contributed by atoms with Crippen LogP contribution < -0.4 is 0 Å². The summed E-state index contributed by atoms with van der Waals surface area (Å²) in [5, 5.41) is 9.13. The fourth-order valence-corrected chi connectivity index (χ4v) is 3.10. The van der Waals surface area contributed by atoms with Crippen molar-refractivity contribution < 1.29 is 19.1 Å². The van der Waals surface area contributed by atoms with Crippen LogP contribution in [0.2, 0.25) is 0 Å². The molecule has 1 saturated heterocycles. The second-order valence-electron chi connectivity index (χ2n) is 5.60. The molecule has 0 aliphatic carbocycles. The summed E-state index contributed by atoms with van der Waals surface area (Å²) in [6.45, 7) is 2.77. The average Bonchev–Trinajstić information content (AvgIpc) is 2.42. The number of nitrogens with zero attached hydrogens (tertiary/aromatic N) is 1. The highest BCUT2D eigenvalue weighted by atomic mass is 79.9. The van der Waals surface area contributed by atoms with E-state index in [2.05, 4.69) is 15.9 Å². The highest BCUT2D eigenvalue weighted by molar-refractivity contribution is 9.10. The van der Waals surface area contributed by atoms with E-state index in [1.807, 2.05) is 6.92 Å². The SMILES string of the molecule is CC1CC(C(=O)O)CN(C(=O)Cc2ccc(F)c(Br)c2)C1. The smallest absolute Gasteiger partial charge is 0.308 e. The molecular formula is C15H17BrFNO3. The fraction of sp³-hybridized carbons (Fsp3) is 0.467. The van der Waals surface area contributed by atoms with Gasteiger partial charge in [0.2, 0.25) is 5.91 Å². The third kappa shape index (κ3) is 4.03. The molecule has 1 aromatic rings. The standard InChI is InChI=1S/C15H17BrFNO3/c1-9-4-11(15(20)21)8-18(7-9)14(19)6-10-2-3-13(17)12(16)5-10/h2-3,5,9,11H,4,6-8H2,1H3,(H,20,21). The highest BCUT2D eigenvalue weighted by Gasteiger charge is 2.31. The number of hydrogen-bond donors (Lipinski definition) is 1. The molecule has 1 amide bonds. The molecule has 2 unspecified atom stereocenters. The summed E-state index contributed by atoms with van der Waals surface area (Å²) in [5.74, 6) is -1.68. The number of aliphatic carboxylic acids is 1. The van der Waals surface area contributed by atoms with E-state index in [0.29, 0.717) is 23.0 Å². The number of benzene rings is 1. The first-order chi connectivity index (χ1) is 9.86. The van der Waals surface area contributed by atoms with Crippen molar-refractivity contribution in [1.82, 2.24) is 4.90 Å². The predicted octanol–water partition coefficient (Wildman–Crippen LogP) is 2.70. The van der Waals surface area contributed by atoms with Crippen LogP contribution in [0.5, 0.6) is 0 Å². The van der Waals surface area contributed by atoms with Crippen molar-refractivity contribution in [2.24, 2.45) is 11.8 Å². The van der Waals surface area contributed by atoms with Crippen LogP contribution >= 0.6 is 15.9 Å². The van der Waals surface area contributed by atoms with Crippen LogP contribution in [0.3, 0.4) is 0 Å². The average molecular weight is 358 g/mol. The van der Waals surface area contributed by atoms with E-state index in [0.717, 1.165) is 0 Å². The van der Waals surface area contributed by atoms with Crippen molar-refractivity contribution in [3.05, 3.63) is 34.1 Å². The number of carboxylic acids is 1. The number of piperidine rings is 1. The van der Waals surface area contributed by atoms with Crippen LogP contribution in [-0.4, -0.2) is 35.0 Å². The van der Waals surface area contributed by atoms with Gasteiger partial charge >= 0.3 is 5.97 Å². The molecule has 4 nitrogen and oxygen atoms in total. The molecule has 1 N–H and O–H groups in total. The summed E-state index contributed by atoms with van der Waals surface area (Å²) >= 11 is 3.09. The Morgan fingerprint density at radius 1 is 1.43 bits per heavy atom. The summed E-state index contributed by atoms with van der Waals surface area (Å²) in [7, 11) is 0. The minimum absolute atomic E-state index is 0.119. The topological polar surface area (TPSA) is 57.6 Å². The van der Waals surface area contributed by atoms with Crippen molar-refractivity contribution in [2.75, 3.05) is 13.1 Å². The zero-order valence-electron chi connectivity index (χ0n) is 11.7. The van der Waals surface area contributed by atoms with E-state index in [9.17, 15) is 14.0 Å². The summed E-state index contributed by atoms with van der Waals surface area (Å²) < 4.78 is 13.5. The first-order valence-corrected chi connectivity index (χ1v) is 7.60. The molecule has 0 spiro atoms. The minimum atomic E-state index is -0.858. The maximum absolute atomic E-state index is 13.2. The molecule has 1 fully saturated rings. The van der Waals surface area contributed by atoms with Crippen LogP contribution in [0.25, 0.3) is 0 Å². The van der Waals surface area contributed by atoms with Gasteiger partial charge in [-0.15, -0.1) is 0 Å². The van der Waals surface area contributed by atoms with E-state index in [1.165, 1.54) is 6.07 Å². The Labute approximate surface area is 131 Å². The molecular weight excluding hydrogens is 341 g/mol. The second-order valence-corrected chi connectivity index (χ2v) is 6.45. The number of rotatable bonds is 3. The molecule has 0 aromatic heterocycles. The van der Waals surface area contributed by atoms with Crippen LogP contribution in [0.1, 0.15) is 18.9 Å². The molecule has 2 atom stereocenters. The van der Waals surface area contributed by atoms with Gasteiger partial charge in [0.05, 0.1) is 16.8 Å². The maximum Gasteiger partial charge on any atom is 0.308 e. The summed E-state index contributed by atoms with van der Waals surface area (Å²) in [6.07, 6.45) is 0.749.